The maximum absolute atomic E-state index is 12.4. The first-order chi connectivity index (χ1) is 11.0. The summed E-state index contributed by atoms with van der Waals surface area (Å²) in [5, 5.41) is 29.4. The first-order valence-electron chi connectivity index (χ1n) is 9.19. The molecule has 0 aliphatic heterocycles. The van der Waals surface area contributed by atoms with Crippen LogP contribution in [0.25, 0.3) is 0 Å². The van der Waals surface area contributed by atoms with Gasteiger partial charge in [0.25, 0.3) is 0 Å². The smallest absolute Gasteiger partial charge is 0.138 e. The summed E-state index contributed by atoms with van der Waals surface area (Å²) in [6.45, 7) is 11.8. The highest BCUT2D eigenvalue weighted by molar-refractivity contribution is 5.85. The molecule has 0 unspecified atom stereocenters. The highest BCUT2D eigenvalue weighted by Gasteiger charge is 2.56. The van der Waals surface area contributed by atoms with Crippen molar-refractivity contribution < 1.29 is 20.1 Å². The van der Waals surface area contributed by atoms with Crippen LogP contribution in [0, 0.1) is 22.7 Å². The number of allylic oxidation sites excluding steroid dienone is 1. The van der Waals surface area contributed by atoms with Crippen LogP contribution in [-0.2, 0) is 4.79 Å². The van der Waals surface area contributed by atoms with Crippen LogP contribution >= 0.6 is 0 Å². The van der Waals surface area contributed by atoms with Crippen molar-refractivity contribution in [3.8, 4) is 0 Å². The van der Waals surface area contributed by atoms with E-state index in [1.54, 1.807) is 6.92 Å². The van der Waals surface area contributed by atoms with Gasteiger partial charge >= 0.3 is 0 Å². The molecule has 24 heavy (non-hydrogen) atoms. The van der Waals surface area contributed by atoms with Gasteiger partial charge in [-0.25, -0.2) is 0 Å². The van der Waals surface area contributed by atoms with Crippen molar-refractivity contribution in [1.82, 2.24) is 0 Å². The van der Waals surface area contributed by atoms with E-state index in [9.17, 15) is 15.0 Å². The molecule has 0 aromatic heterocycles. The van der Waals surface area contributed by atoms with Crippen molar-refractivity contribution in [2.45, 2.75) is 77.9 Å². The van der Waals surface area contributed by atoms with Crippen LogP contribution in [0.2, 0.25) is 0 Å². The maximum atomic E-state index is 12.4. The highest BCUT2D eigenvalue weighted by Crippen LogP contribution is 2.60. The van der Waals surface area contributed by atoms with Gasteiger partial charge in [0.2, 0.25) is 0 Å². The van der Waals surface area contributed by atoms with E-state index in [2.05, 4.69) is 27.4 Å². The van der Waals surface area contributed by atoms with Gasteiger partial charge in [0.1, 0.15) is 11.9 Å². The van der Waals surface area contributed by atoms with Crippen molar-refractivity contribution in [2.75, 3.05) is 6.61 Å². The first-order valence-corrected chi connectivity index (χ1v) is 9.19. The van der Waals surface area contributed by atoms with Crippen molar-refractivity contribution in [3.63, 3.8) is 0 Å². The number of ketones is 1. The van der Waals surface area contributed by atoms with Gasteiger partial charge in [-0.3, -0.25) is 4.79 Å². The number of aliphatic hydroxyl groups excluding tert-OH is 2. The third-order valence-corrected chi connectivity index (χ3v) is 7.15. The SMILES string of the molecule is C=C1CC[C@@H]2C(C)(C)C(=O)CC[C@@]2(C)[C@@H]1CC[C@@](C)(O)[C@@H](O)CO. The third kappa shape index (κ3) is 3.21. The van der Waals surface area contributed by atoms with E-state index in [-0.39, 0.29) is 16.7 Å². The minimum absolute atomic E-state index is 0.00693. The average molecular weight is 338 g/mol. The molecule has 0 aromatic rings. The Kier molecular flexibility index (Phi) is 5.35. The summed E-state index contributed by atoms with van der Waals surface area (Å²) >= 11 is 0. The fourth-order valence-corrected chi connectivity index (χ4v) is 5.31. The summed E-state index contributed by atoms with van der Waals surface area (Å²) in [6, 6.07) is 0. The normalized spacial score (nSPS) is 36.8. The van der Waals surface area contributed by atoms with Gasteiger partial charge in [0.15, 0.2) is 0 Å². The minimum atomic E-state index is -1.31. The Morgan fingerprint density at radius 2 is 1.96 bits per heavy atom. The molecule has 3 N–H and O–H groups in total. The zero-order chi connectivity index (χ0) is 18.3. The Labute approximate surface area is 146 Å². The highest BCUT2D eigenvalue weighted by atomic mass is 16.4. The van der Waals surface area contributed by atoms with Crippen LogP contribution < -0.4 is 0 Å². The summed E-state index contributed by atoms with van der Waals surface area (Å²) in [5.74, 6) is 0.925. The molecule has 0 saturated heterocycles. The molecule has 2 saturated carbocycles. The summed E-state index contributed by atoms with van der Waals surface area (Å²) in [4.78, 5) is 12.4. The fraction of sp³-hybridized carbons (Fsp3) is 0.850. The number of aliphatic hydroxyl groups is 3. The van der Waals surface area contributed by atoms with E-state index in [0.717, 1.165) is 25.7 Å². The molecule has 0 radical (unpaired) electrons. The summed E-state index contributed by atoms with van der Waals surface area (Å²) in [7, 11) is 0. The lowest BCUT2D eigenvalue weighted by molar-refractivity contribution is -0.146. The second kappa shape index (κ2) is 6.54. The van der Waals surface area contributed by atoms with Crippen molar-refractivity contribution in [3.05, 3.63) is 12.2 Å². The van der Waals surface area contributed by atoms with E-state index < -0.39 is 18.3 Å². The van der Waals surface area contributed by atoms with Gasteiger partial charge in [0.05, 0.1) is 12.2 Å². The number of fused-ring (bicyclic) bond motifs is 1. The van der Waals surface area contributed by atoms with Gasteiger partial charge in [-0.1, -0.05) is 32.9 Å². The minimum Gasteiger partial charge on any atom is -0.394 e. The van der Waals surface area contributed by atoms with Crippen LogP contribution in [-0.4, -0.2) is 39.4 Å². The molecule has 0 aromatic carbocycles. The Hall–Kier alpha value is -0.710. The first kappa shape index (κ1) is 19.6. The van der Waals surface area contributed by atoms with Crippen LogP contribution in [0.5, 0.6) is 0 Å². The molecule has 2 rings (SSSR count). The Balaban J connectivity index is 2.22. The van der Waals surface area contributed by atoms with E-state index in [1.807, 2.05) is 0 Å². The fourth-order valence-electron chi connectivity index (χ4n) is 5.31. The van der Waals surface area contributed by atoms with Gasteiger partial charge in [-0.05, 0) is 56.3 Å². The lowest BCUT2D eigenvalue weighted by atomic mass is 9.46. The predicted octanol–water partition coefficient (Wildman–Crippen LogP) is 2.85. The van der Waals surface area contributed by atoms with E-state index in [4.69, 9.17) is 5.11 Å². The number of rotatable bonds is 5. The molecule has 0 spiro atoms. The summed E-state index contributed by atoms with van der Waals surface area (Å²) in [5.41, 5.74) is -0.405. The number of carbonyl (C=O) groups excluding carboxylic acids is 1. The molecular formula is C20H34O4. The Morgan fingerprint density at radius 3 is 2.54 bits per heavy atom. The predicted molar refractivity (Wildman–Crippen MR) is 94.4 cm³/mol. The van der Waals surface area contributed by atoms with E-state index in [1.165, 1.54) is 5.57 Å². The number of carbonyl (C=O) groups is 1. The molecule has 0 bridgehead atoms. The third-order valence-electron chi connectivity index (χ3n) is 7.15. The molecule has 2 fully saturated rings. The standard InChI is InChI=1S/C20H34O4/c1-13-6-7-15-18(2,3)16(22)9-10-19(15,4)14(13)8-11-20(5,24)17(23)12-21/h14-15,17,21,23-24H,1,6-12H2,2-5H3/t14-,15-,17+,19+,20-/m1/s1. The number of Topliss-reactive ketones (excluding diaryl/α,β-unsaturated/α-hetero) is 1. The molecule has 0 heterocycles. The molecule has 0 amide bonds. The second-order valence-corrected chi connectivity index (χ2v) is 9.05. The van der Waals surface area contributed by atoms with Gasteiger partial charge in [-0.15, -0.1) is 0 Å². The lowest BCUT2D eigenvalue weighted by Gasteiger charge is -2.57. The molecule has 5 atom stereocenters. The molecular weight excluding hydrogens is 304 g/mol. The summed E-state index contributed by atoms with van der Waals surface area (Å²) in [6.07, 6.45) is 3.40. The van der Waals surface area contributed by atoms with E-state index in [0.29, 0.717) is 24.5 Å². The molecule has 4 nitrogen and oxygen atoms in total. The zero-order valence-corrected chi connectivity index (χ0v) is 15.6. The Morgan fingerprint density at radius 1 is 1.33 bits per heavy atom. The van der Waals surface area contributed by atoms with Gasteiger partial charge in [0, 0.05) is 11.8 Å². The number of hydrogen-bond donors (Lipinski definition) is 3. The molecule has 4 heteroatoms. The monoisotopic (exact) mass is 338 g/mol. The quantitative estimate of drug-likeness (QED) is 0.674. The van der Waals surface area contributed by atoms with Crippen LogP contribution in [0.15, 0.2) is 12.2 Å². The van der Waals surface area contributed by atoms with Crippen LogP contribution in [0.3, 0.4) is 0 Å². The van der Waals surface area contributed by atoms with Crippen LogP contribution in [0.1, 0.15) is 66.2 Å². The topological polar surface area (TPSA) is 77.8 Å². The Bertz CT molecular complexity index is 508. The summed E-state index contributed by atoms with van der Waals surface area (Å²) < 4.78 is 0. The molecule has 2 aliphatic carbocycles. The number of hydrogen-bond acceptors (Lipinski definition) is 4. The maximum Gasteiger partial charge on any atom is 0.138 e. The lowest BCUT2D eigenvalue weighted by Crippen LogP contribution is -2.53. The average Bonchev–Trinajstić information content (AvgIpc) is 2.49. The van der Waals surface area contributed by atoms with E-state index >= 15 is 0 Å². The molecule has 2 aliphatic rings. The van der Waals surface area contributed by atoms with Gasteiger partial charge in [-0.2, -0.15) is 0 Å². The van der Waals surface area contributed by atoms with Crippen molar-refractivity contribution in [1.29, 1.82) is 0 Å². The molecule has 138 valence electrons. The van der Waals surface area contributed by atoms with Crippen molar-refractivity contribution in [2.24, 2.45) is 22.7 Å². The van der Waals surface area contributed by atoms with Gasteiger partial charge < -0.3 is 15.3 Å². The second-order valence-electron chi connectivity index (χ2n) is 9.05. The van der Waals surface area contributed by atoms with Crippen molar-refractivity contribution >= 4 is 5.78 Å². The van der Waals surface area contributed by atoms with Crippen LogP contribution in [0.4, 0.5) is 0 Å². The largest absolute Gasteiger partial charge is 0.394 e. The zero-order valence-electron chi connectivity index (χ0n) is 15.6.